The van der Waals surface area contributed by atoms with Crippen LogP contribution in [0.15, 0.2) is 53.4 Å². The van der Waals surface area contributed by atoms with E-state index in [4.69, 9.17) is 26.8 Å². The van der Waals surface area contributed by atoms with Gasteiger partial charge in [0.25, 0.3) is 5.91 Å². The third-order valence-corrected chi connectivity index (χ3v) is 4.62. The summed E-state index contributed by atoms with van der Waals surface area (Å²) >= 11 is 5.10. The SMILES string of the molecule is CCOCCOc1ccc(C(=O)NC(=S)Nc2ccc(S(N)(=O)=O)cc2)cc1. The Morgan fingerprint density at radius 2 is 1.71 bits per heavy atom. The van der Waals surface area contributed by atoms with Crippen LogP contribution in [0.3, 0.4) is 0 Å². The average molecular weight is 424 g/mol. The normalized spacial score (nSPS) is 10.9. The number of thiocarbonyl (C=S) groups is 1. The first-order valence-corrected chi connectivity index (χ1v) is 10.3. The lowest BCUT2D eigenvalue weighted by molar-refractivity contribution is 0.0977. The Bertz CT molecular complexity index is 913. The van der Waals surface area contributed by atoms with Crippen molar-refractivity contribution < 1.29 is 22.7 Å². The highest BCUT2D eigenvalue weighted by Gasteiger charge is 2.10. The van der Waals surface area contributed by atoms with Crippen molar-refractivity contribution in [2.75, 3.05) is 25.1 Å². The predicted octanol–water partition coefficient (Wildman–Crippen LogP) is 1.88. The highest BCUT2D eigenvalue weighted by atomic mass is 32.2. The Morgan fingerprint density at radius 3 is 2.29 bits per heavy atom. The molecular weight excluding hydrogens is 402 g/mol. The Hall–Kier alpha value is -2.53. The minimum Gasteiger partial charge on any atom is -0.491 e. The molecule has 0 radical (unpaired) electrons. The highest BCUT2D eigenvalue weighted by molar-refractivity contribution is 7.89. The molecular formula is C18H21N3O5S2. The number of benzene rings is 2. The molecule has 1 amide bonds. The number of sulfonamides is 1. The lowest BCUT2D eigenvalue weighted by atomic mass is 10.2. The van der Waals surface area contributed by atoms with E-state index in [0.717, 1.165) is 0 Å². The van der Waals surface area contributed by atoms with Crippen LogP contribution in [-0.4, -0.2) is 39.3 Å². The van der Waals surface area contributed by atoms with Crippen LogP contribution in [-0.2, 0) is 14.8 Å². The highest BCUT2D eigenvalue weighted by Crippen LogP contribution is 2.14. The van der Waals surface area contributed by atoms with Gasteiger partial charge < -0.3 is 14.8 Å². The zero-order valence-electron chi connectivity index (χ0n) is 15.2. The van der Waals surface area contributed by atoms with Gasteiger partial charge in [-0.05, 0) is 67.7 Å². The van der Waals surface area contributed by atoms with Gasteiger partial charge in [-0.2, -0.15) is 0 Å². The fraction of sp³-hybridized carbons (Fsp3) is 0.222. The molecule has 0 saturated heterocycles. The third kappa shape index (κ3) is 6.89. The number of nitrogens with one attached hydrogen (secondary N) is 2. The molecule has 2 aromatic carbocycles. The summed E-state index contributed by atoms with van der Waals surface area (Å²) in [6.07, 6.45) is 0. The first-order chi connectivity index (χ1) is 13.3. The Kier molecular flexibility index (Phi) is 7.88. The number of anilines is 1. The van der Waals surface area contributed by atoms with Gasteiger partial charge >= 0.3 is 0 Å². The van der Waals surface area contributed by atoms with Crippen LogP contribution in [0.1, 0.15) is 17.3 Å². The fourth-order valence-corrected chi connectivity index (χ4v) is 2.86. The molecule has 0 atom stereocenters. The summed E-state index contributed by atoms with van der Waals surface area (Å²) in [6.45, 7) is 3.47. The summed E-state index contributed by atoms with van der Waals surface area (Å²) in [4.78, 5) is 12.2. The van der Waals surface area contributed by atoms with Crippen molar-refractivity contribution in [3.63, 3.8) is 0 Å². The molecule has 0 aliphatic rings. The molecule has 0 spiro atoms. The molecule has 0 heterocycles. The summed E-state index contributed by atoms with van der Waals surface area (Å²) in [6, 6.07) is 12.3. The van der Waals surface area contributed by atoms with Gasteiger partial charge in [0.1, 0.15) is 12.4 Å². The predicted molar refractivity (Wildman–Crippen MR) is 110 cm³/mol. The van der Waals surface area contributed by atoms with Gasteiger partial charge in [0.05, 0.1) is 11.5 Å². The summed E-state index contributed by atoms with van der Waals surface area (Å²) in [5, 5.41) is 10.5. The topological polar surface area (TPSA) is 120 Å². The van der Waals surface area contributed by atoms with Crippen LogP contribution >= 0.6 is 12.2 Å². The van der Waals surface area contributed by atoms with Crippen molar-refractivity contribution in [3.8, 4) is 5.75 Å². The van der Waals surface area contributed by atoms with Crippen LogP contribution in [0.25, 0.3) is 0 Å². The Balaban J connectivity index is 1.87. The van der Waals surface area contributed by atoms with Gasteiger partial charge in [0.15, 0.2) is 5.11 Å². The van der Waals surface area contributed by atoms with E-state index in [1.165, 1.54) is 24.3 Å². The first kappa shape index (κ1) is 21.8. The van der Waals surface area contributed by atoms with E-state index in [1.807, 2.05) is 6.92 Å². The van der Waals surface area contributed by atoms with Crippen molar-refractivity contribution in [3.05, 3.63) is 54.1 Å². The van der Waals surface area contributed by atoms with Gasteiger partial charge in [-0.25, -0.2) is 13.6 Å². The average Bonchev–Trinajstić information content (AvgIpc) is 2.65. The molecule has 0 aliphatic carbocycles. The molecule has 0 aromatic heterocycles. The molecule has 0 unspecified atom stereocenters. The molecule has 4 N–H and O–H groups in total. The van der Waals surface area contributed by atoms with Gasteiger partial charge in [0.2, 0.25) is 10.0 Å². The second-order valence-corrected chi connectivity index (χ2v) is 7.52. The van der Waals surface area contributed by atoms with Gasteiger partial charge in [0, 0.05) is 17.9 Å². The number of hydrogen-bond donors (Lipinski definition) is 3. The van der Waals surface area contributed by atoms with E-state index in [1.54, 1.807) is 24.3 Å². The third-order valence-electron chi connectivity index (χ3n) is 3.48. The fourth-order valence-electron chi connectivity index (χ4n) is 2.13. The molecule has 0 saturated carbocycles. The second kappa shape index (κ2) is 10.1. The minimum atomic E-state index is -3.76. The smallest absolute Gasteiger partial charge is 0.257 e. The van der Waals surface area contributed by atoms with E-state index in [2.05, 4.69) is 10.6 Å². The van der Waals surface area contributed by atoms with E-state index in [-0.39, 0.29) is 15.9 Å². The number of carbonyl (C=O) groups excluding carboxylic acids is 1. The maximum Gasteiger partial charge on any atom is 0.257 e. The summed E-state index contributed by atoms with van der Waals surface area (Å²) in [5.41, 5.74) is 0.918. The van der Waals surface area contributed by atoms with Crippen LogP contribution in [0, 0.1) is 0 Å². The van der Waals surface area contributed by atoms with Crippen LogP contribution in [0.2, 0.25) is 0 Å². The molecule has 2 rings (SSSR count). The van der Waals surface area contributed by atoms with E-state index < -0.39 is 10.0 Å². The maximum absolute atomic E-state index is 12.2. The first-order valence-electron chi connectivity index (χ1n) is 8.35. The Labute approximate surface area is 169 Å². The number of rotatable bonds is 8. The molecule has 0 aliphatic heterocycles. The van der Waals surface area contributed by atoms with Crippen molar-refractivity contribution in [1.29, 1.82) is 0 Å². The second-order valence-electron chi connectivity index (χ2n) is 5.55. The number of nitrogens with two attached hydrogens (primary N) is 1. The lowest BCUT2D eigenvalue weighted by Gasteiger charge is -2.11. The molecule has 0 fully saturated rings. The minimum absolute atomic E-state index is 0.0171. The van der Waals surface area contributed by atoms with E-state index in [0.29, 0.717) is 36.8 Å². The van der Waals surface area contributed by atoms with Crippen LogP contribution in [0.5, 0.6) is 5.75 Å². The van der Waals surface area contributed by atoms with Crippen molar-refractivity contribution in [2.24, 2.45) is 5.14 Å². The van der Waals surface area contributed by atoms with Crippen molar-refractivity contribution >= 4 is 38.9 Å². The molecule has 2 aromatic rings. The monoisotopic (exact) mass is 423 g/mol. The van der Waals surface area contributed by atoms with Crippen molar-refractivity contribution in [1.82, 2.24) is 5.32 Å². The number of ether oxygens (including phenoxy) is 2. The lowest BCUT2D eigenvalue weighted by Crippen LogP contribution is -2.34. The quantitative estimate of drug-likeness (QED) is 0.438. The molecule has 8 nitrogen and oxygen atoms in total. The zero-order valence-corrected chi connectivity index (χ0v) is 16.8. The van der Waals surface area contributed by atoms with Crippen LogP contribution in [0.4, 0.5) is 5.69 Å². The van der Waals surface area contributed by atoms with Crippen LogP contribution < -0.4 is 20.5 Å². The largest absolute Gasteiger partial charge is 0.491 e. The van der Waals surface area contributed by atoms with Crippen molar-refractivity contribution in [2.45, 2.75) is 11.8 Å². The molecule has 0 bridgehead atoms. The zero-order chi connectivity index (χ0) is 20.6. The summed E-state index contributed by atoms with van der Waals surface area (Å²) < 4.78 is 33.2. The van der Waals surface area contributed by atoms with E-state index in [9.17, 15) is 13.2 Å². The Morgan fingerprint density at radius 1 is 1.07 bits per heavy atom. The van der Waals surface area contributed by atoms with Gasteiger partial charge in [-0.1, -0.05) is 0 Å². The summed E-state index contributed by atoms with van der Waals surface area (Å²) in [5.74, 6) is 0.242. The van der Waals surface area contributed by atoms with E-state index >= 15 is 0 Å². The number of primary sulfonamides is 1. The van der Waals surface area contributed by atoms with Gasteiger partial charge in [-0.15, -0.1) is 0 Å². The maximum atomic E-state index is 12.2. The summed E-state index contributed by atoms with van der Waals surface area (Å²) in [7, 11) is -3.76. The number of hydrogen-bond acceptors (Lipinski definition) is 6. The van der Waals surface area contributed by atoms with Gasteiger partial charge in [-0.3, -0.25) is 10.1 Å². The standard InChI is InChI=1S/C18H21N3O5S2/c1-2-25-11-12-26-15-7-3-13(4-8-15)17(22)21-18(27)20-14-5-9-16(10-6-14)28(19,23)24/h3-10H,2,11-12H2,1H3,(H2,19,23,24)(H2,20,21,22,27). The molecule has 150 valence electrons. The number of amides is 1. The number of carbonyl (C=O) groups is 1. The molecule has 10 heteroatoms. The molecule has 28 heavy (non-hydrogen) atoms.